The minimum Gasteiger partial charge on any atom is -0.494 e. The van der Waals surface area contributed by atoms with Crippen LogP contribution in [0.5, 0.6) is 17.2 Å². The summed E-state index contributed by atoms with van der Waals surface area (Å²) >= 11 is 1.23. The second-order valence-electron chi connectivity index (χ2n) is 9.60. The molecule has 0 radical (unpaired) electrons. The van der Waals surface area contributed by atoms with E-state index >= 15 is 0 Å². The molecule has 0 aliphatic carbocycles. The molecule has 0 unspecified atom stereocenters. The van der Waals surface area contributed by atoms with E-state index in [1.165, 1.54) is 35.1 Å². The van der Waals surface area contributed by atoms with Crippen LogP contribution in [0.2, 0.25) is 0 Å². The molecule has 0 saturated heterocycles. The highest BCUT2D eigenvalue weighted by Crippen LogP contribution is 2.36. The molecule has 0 amide bonds. The quantitative estimate of drug-likeness (QED) is 0.240. The Bertz CT molecular complexity index is 1880. The van der Waals surface area contributed by atoms with Gasteiger partial charge in [0.15, 0.2) is 16.3 Å². The van der Waals surface area contributed by atoms with Crippen molar-refractivity contribution in [2.45, 2.75) is 33.4 Å². The first-order valence-electron chi connectivity index (χ1n) is 13.8. The van der Waals surface area contributed by atoms with Crippen molar-refractivity contribution in [1.82, 2.24) is 4.57 Å². The standard InChI is InChI=1S/C33H31FN2O6S/c1-5-40-25-13-8-7-12-24(25)30-29(32(38)41-6-2)20(3)35-33-36(30)31(37)28(43-33)18-21-14-15-26(27(17-21)39-4)42-19-22-10-9-11-23(34)16-22/h7-18,30H,5-6,19H2,1-4H3/b28-18-/t30-/m1/s1. The minimum absolute atomic E-state index is 0.164. The molecule has 0 spiro atoms. The lowest BCUT2D eigenvalue weighted by atomic mass is 9.95. The van der Waals surface area contributed by atoms with Crippen molar-refractivity contribution < 1.29 is 28.1 Å². The average Bonchev–Trinajstić information content (AvgIpc) is 3.30. The first-order valence-corrected chi connectivity index (χ1v) is 14.6. The zero-order valence-corrected chi connectivity index (χ0v) is 25.1. The normalized spacial score (nSPS) is 14.6. The third-order valence-corrected chi connectivity index (χ3v) is 7.78. The van der Waals surface area contributed by atoms with Crippen molar-refractivity contribution in [2.75, 3.05) is 20.3 Å². The average molecular weight is 603 g/mol. The van der Waals surface area contributed by atoms with E-state index in [4.69, 9.17) is 18.9 Å². The Labute approximate surface area is 252 Å². The van der Waals surface area contributed by atoms with Crippen molar-refractivity contribution >= 4 is 23.4 Å². The van der Waals surface area contributed by atoms with Gasteiger partial charge in [-0.1, -0.05) is 47.7 Å². The number of benzene rings is 3. The molecule has 1 atom stereocenters. The summed E-state index contributed by atoms with van der Waals surface area (Å²) in [5.74, 6) is 0.639. The number of hydrogen-bond acceptors (Lipinski definition) is 8. The number of aromatic nitrogens is 1. The predicted octanol–water partition coefficient (Wildman–Crippen LogP) is 4.92. The Kier molecular flexibility index (Phi) is 9.06. The van der Waals surface area contributed by atoms with E-state index in [0.717, 1.165) is 0 Å². The van der Waals surface area contributed by atoms with Gasteiger partial charge in [-0.2, -0.15) is 0 Å². The van der Waals surface area contributed by atoms with Gasteiger partial charge in [-0.3, -0.25) is 9.36 Å². The van der Waals surface area contributed by atoms with Crippen LogP contribution in [0, 0.1) is 5.82 Å². The molecule has 8 nitrogen and oxygen atoms in total. The van der Waals surface area contributed by atoms with Crippen molar-refractivity contribution in [3.8, 4) is 17.2 Å². The van der Waals surface area contributed by atoms with Crippen molar-refractivity contribution in [3.05, 3.63) is 120 Å². The highest BCUT2D eigenvalue weighted by atomic mass is 32.1. The molecule has 0 bridgehead atoms. The summed E-state index contributed by atoms with van der Waals surface area (Å²) in [6.45, 7) is 6.12. The number of fused-ring (bicyclic) bond motifs is 1. The number of halogens is 1. The van der Waals surface area contributed by atoms with Gasteiger partial charge >= 0.3 is 5.97 Å². The van der Waals surface area contributed by atoms with E-state index in [-0.39, 0.29) is 30.2 Å². The number of ether oxygens (including phenoxy) is 4. The second-order valence-corrected chi connectivity index (χ2v) is 10.6. The van der Waals surface area contributed by atoms with E-state index in [9.17, 15) is 14.0 Å². The highest BCUT2D eigenvalue weighted by Gasteiger charge is 2.35. The van der Waals surface area contributed by atoms with Crippen LogP contribution in [0.4, 0.5) is 4.39 Å². The van der Waals surface area contributed by atoms with Crippen molar-refractivity contribution in [2.24, 2.45) is 4.99 Å². The fourth-order valence-electron chi connectivity index (χ4n) is 4.91. The van der Waals surface area contributed by atoms with E-state index in [2.05, 4.69) is 4.99 Å². The smallest absolute Gasteiger partial charge is 0.338 e. The summed E-state index contributed by atoms with van der Waals surface area (Å²) in [4.78, 5) is 32.3. The molecular formula is C33H31FN2O6S. The summed E-state index contributed by atoms with van der Waals surface area (Å²) in [6, 6.07) is 18.1. The lowest BCUT2D eigenvalue weighted by molar-refractivity contribution is -0.139. The van der Waals surface area contributed by atoms with Crippen LogP contribution < -0.4 is 29.1 Å². The summed E-state index contributed by atoms with van der Waals surface area (Å²) in [5.41, 5.74) is 2.51. The Morgan fingerprint density at radius 3 is 2.56 bits per heavy atom. The van der Waals surface area contributed by atoms with Gasteiger partial charge in [0.1, 0.15) is 24.2 Å². The maximum absolute atomic E-state index is 14.0. The number of rotatable bonds is 10. The van der Waals surface area contributed by atoms with Gasteiger partial charge in [0.2, 0.25) is 0 Å². The molecule has 1 aliphatic heterocycles. The summed E-state index contributed by atoms with van der Waals surface area (Å²) in [6.07, 6.45) is 1.75. The van der Waals surface area contributed by atoms with E-state index < -0.39 is 12.0 Å². The number of esters is 1. The molecule has 0 N–H and O–H groups in total. The first kappa shape index (κ1) is 29.8. The lowest BCUT2D eigenvalue weighted by Crippen LogP contribution is -2.40. The lowest BCUT2D eigenvalue weighted by Gasteiger charge is -2.26. The van der Waals surface area contributed by atoms with Crippen LogP contribution in [0.3, 0.4) is 0 Å². The van der Waals surface area contributed by atoms with Gasteiger partial charge in [0, 0.05) is 5.56 Å². The number of carbonyl (C=O) groups is 1. The Morgan fingerprint density at radius 1 is 1.00 bits per heavy atom. The molecular weight excluding hydrogens is 571 g/mol. The Balaban J connectivity index is 1.57. The third-order valence-electron chi connectivity index (χ3n) is 6.80. The van der Waals surface area contributed by atoms with Crippen LogP contribution >= 0.6 is 11.3 Å². The maximum Gasteiger partial charge on any atom is 0.338 e. The van der Waals surface area contributed by atoms with Gasteiger partial charge in [-0.15, -0.1) is 0 Å². The molecule has 222 valence electrons. The predicted molar refractivity (Wildman–Crippen MR) is 162 cm³/mol. The molecule has 0 fully saturated rings. The van der Waals surface area contributed by atoms with Gasteiger partial charge in [-0.25, -0.2) is 14.2 Å². The van der Waals surface area contributed by atoms with E-state index in [1.807, 2.05) is 31.2 Å². The van der Waals surface area contributed by atoms with Gasteiger partial charge in [-0.05, 0) is 68.3 Å². The fourth-order valence-corrected chi connectivity index (χ4v) is 5.96. The Hall–Kier alpha value is -4.70. The number of methoxy groups -OCH3 is 1. The molecule has 2 heterocycles. The summed E-state index contributed by atoms with van der Waals surface area (Å²) < 4.78 is 38.2. The first-order chi connectivity index (χ1) is 20.8. The molecule has 4 aromatic rings. The number of thiazole rings is 1. The SMILES string of the molecule is CCOC(=O)C1=C(C)N=c2s/c(=C\c3ccc(OCc4cccc(F)c4)c(OC)c3)c(=O)n2[C@@H]1c1ccccc1OCC. The highest BCUT2D eigenvalue weighted by molar-refractivity contribution is 7.07. The van der Waals surface area contributed by atoms with Crippen LogP contribution in [-0.2, 0) is 16.1 Å². The topological polar surface area (TPSA) is 88.4 Å². The molecule has 10 heteroatoms. The van der Waals surface area contributed by atoms with Crippen LogP contribution in [0.25, 0.3) is 6.08 Å². The van der Waals surface area contributed by atoms with E-state index in [0.29, 0.717) is 55.6 Å². The van der Waals surface area contributed by atoms with Gasteiger partial charge in [0.05, 0.1) is 36.1 Å². The van der Waals surface area contributed by atoms with Crippen molar-refractivity contribution in [3.63, 3.8) is 0 Å². The molecule has 5 rings (SSSR count). The third kappa shape index (κ3) is 6.24. The molecule has 0 saturated carbocycles. The summed E-state index contributed by atoms with van der Waals surface area (Å²) in [7, 11) is 1.53. The number of para-hydroxylation sites is 1. The largest absolute Gasteiger partial charge is 0.494 e. The molecule has 3 aromatic carbocycles. The van der Waals surface area contributed by atoms with Crippen LogP contribution in [0.1, 0.15) is 43.5 Å². The van der Waals surface area contributed by atoms with Gasteiger partial charge < -0.3 is 18.9 Å². The number of hydrogen-bond donors (Lipinski definition) is 0. The monoisotopic (exact) mass is 602 g/mol. The molecule has 1 aliphatic rings. The number of carbonyl (C=O) groups excluding carboxylic acids is 1. The van der Waals surface area contributed by atoms with Gasteiger partial charge in [0.25, 0.3) is 5.56 Å². The minimum atomic E-state index is -0.784. The number of nitrogens with zero attached hydrogens (tertiary/aromatic N) is 2. The van der Waals surface area contributed by atoms with Crippen LogP contribution in [-0.4, -0.2) is 30.9 Å². The fraction of sp³-hybridized carbons (Fsp3) is 0.242. The van der Waals surface area contributed by atoms with E-state index in [1.54, 1.807) is 50.3 Å². The van der Waals surface area contributed by atoms with Crippen LogP contribution in [0.15, 0.2) is 87.8 Å². The van der Waals surface area contributed by atoms with Crippen molar-refractivity contribution in [1.29, 1.82) is 0 Å². The molecule has 43 heavy (non-hydrogen) atoms. The number of allylic oxidation sites excluding steroid dienone is 1. The second kappa shape index (κ2) is 13.1. The zero-order valence-electron chi connectivity index (χ0n) is 24.3. The zero-order chi connectivity index (χ0) is 30.5. The Morgan fingerprint density at radius 2 is 1.81 bits per heavy atom. The summed E-state index contributed by atoms with van der Waals surface area (Å²) in [5, 5.41) is 0. The maximum atomic E-state index is 14.0. The molecule has 1 aromatic heterocycles.